The lowest BCUT2D eigenvalue weighted by Crippen LogP contribution is -2.00. The van der Waals surface area contributed by atoms with Crippen molar-refractivity contribution in [2.24, 2.45) is 0 Å². The van der Waals surface area contributed by atoms with E-state index in [2.05, 4.69) is 5.10 Å². The largest absolute Gasteiger partial charge is 0.399 e. The standard InChI is InChI=1S/C14H12FN3/c15-12-3-1-2-10(6-12)8-18-9-11-4-5-13(16)7-14(11)17-18/h1-7,9H,8,16H2. The van der Waals surface area contributed by atoms with Gasteiger partial charge in [-0.25, -0.2) is 4.39 Å². The highest BCUT2D eigenvalue weighted by Gasteiger charge is 2.02. The van der Waals surface area contributed by atoms with Crippen molar-refractivity contribution < 1.29 is 4.39 Å². The minimum atomic E-state index is -0.228. The van der Waals surface area contributed by atoms with Crippen LogP contribution in [-0.2, 0) is 6.54 Å². The fraction of sp³-hybridized carbons (Fsp3) is 0.0714. The number of fused-ring (bicyclic) bond motifs is 1. The van der Waals surface area contributed by atoms with E-state index in [0.717, 1.165) is 16.5 Å². The van der Waals surface area contributed by atoms with Gasteiger partial charge in [-0.1, -0.05) is 12.1 Å². The molecule has 0 bridgehead atoms. The molecule has 0 aliphatic heterocycles. The molecule has 0 radical (unpaired) electrons. The summed E-state index contributed by atoms with van der Waals surface area (Å²) in [5.41, 5.74) is 8.14. The van der Waals surface area contributed by atoms with Gasteiger partial charge >= 0.3 is 0 Å². The van der Waals surface area contributed by atoms with Crippen LogP contribution >= 0.6 is 0 Å². The Morgan fingerprint density at radius 2 is 2.06 bits per heavy atom. The van der Waals surface area contributed by atoms with Gasteiger partial charge in [-0.3, -0.25) is 4.68 Å². The zero-order chi connectivity index (χ0) is 12.5. The molecule has 0 saturated carbocycles. The molecule has 1 heterocycles. The van der Waals surface area contributed by atoms with Crippen LogP contribution in [0.15, 0.2) is 48.7 Å². The van der Waals surface area contributed by atoms with Gasteiger partial charge in [0.15, 0.2) is 0 Å². The summed E-state index contributed by atoms with van der Waals surface area (Å²) in [5.74, 6) is -0.228. The number of hydrogen-bond acceptors (Lipinski definition) is 2. The average molecular weight is 241 g/mol. The highest BCUT2D eigenvalue weighted by atomic mass is 19.1. The van der Waals surface area contributed by atoms with E-state index in [0.29, 0.717) is 12.2 Å². The van der Waals surface area contributed by atoms with Gasteiger partial charge < -0.3 is 5.73 Å². The minimum Gasteiger partial charge on any atom is -0.399 e. The molecule has 0 unspecified atom stereocenters. The van der Waals surface area contributed by atoms with Crippen LogP contribution in [-0.4, -0.2) is 9.78 Å². The van der Waals surface area contributed by atoms with Gasteiger partial charge in [-0.15, -0.1) is 0 Å². The first-order valence-corrected chi connectivity index (χ1v) is 5.68. The van der Waals surface area contributed by atoms with Gasteiger partial charge in [-0.05, 0) is 35.9 Å². The van der Waals surface area contributed by atoms with Crippen molar-refractivity contribution >= 4 is 16.6 Å². The summed E-state index contributed by atoms with van der Waals surface area (Å²) in [5, 5.41) is 5.44. The van der Waals surface area contributed by atoms with Gasteiger partial charge in [-0.2, -0.15) is 5.10 Å². The lowest BCUT2D eigenvalue weighted by molar-refractivity contribution is 0.620. The second-order valence-corrected chi connectivity index (χ2v) is 4.27. The molecular weight excluding hydrogens is 229 g/mol. The number of nitrogen functional groups attached to an aromatic ring is 1. The number of nitrogens with two attached hydrogens (primary N) is 1. The van der Waals surface area contributed by atoms with Crippen molar-refractivity contribution in [3.8, 4) is 0 Å². The number of anilines is 1. The third kappa shape index (κ3) is 2.05. The molecular formula is C14H12FN3. The van der Waals surface area contributed by atoms with Crippen LogP contribution in [0.5, 0.6) is 0 Å². The molecule has 4 heteroatoms. The summed E-state index contributed by atoms with van der Waals surface area (Å²) in [6.07, 6.45) is 1.93. The summed E-state index contributed by atoms with van der Waals surface area (Å²) in [4.78, 5) is 0. The topological polar surface area (TPSA) is 43.8 Å². The van der Waals surface area contributed by atoms with E-state index in [-0.39, 0.29) is 5.82 Å². The first kappa shape index (κ1) is 10.8. The van der Waals surface area contributed by atoms with Crippen LogP contribution in [0.4, 0.5) is 10.1 Å². The van der Waals surface area contributed by atoms with E-state index in [1.165, 1.54) is 12.1 Å². The molecule has 2 N–H and O–H groups in total. The maximum absolute atomic E-state index is 13.1. The smallest absolute Gasteiger partial charge is 0.123 e. The molecule has 90 valence electrons. The molecule has 0 atom stereocenters. The molecule has 3 rings (SSSR count). The summed E-state index contributed by atoms with van der Waals surface area (Å²) in [6, 6.07) is 12.1. The van der Waals surface area contributed by atoms with Crippen molar-refractivity contribution in [2.75, 3.05) is 5.73 Å². The van der Waals surface area contributed by atoms with Gasteiger partial charge in [0.2, 0.25) is 0 Å². The SMILES string of the molecule is Nc1ccc2cn(Cc3cccc(F)c3)nc2c1. The van der Waals surface area contributed by atoms with Crippen molar-refractivity contribution in [3.05, 3.63) is 60.0 Å². The Kier molecular flexibility index (Phi) is 2.48. The molecule has 0 fully saturated rings. The van der Waals surface area contributed by atoms with Crippen molar-refractivity contribution in [2.45, 2.75) is 6.54 Å². The zero-order valence-electron chi connectivity index (χ0n) is 9.68. The first-order chi connectivity index (χ1) is 8.70. The van der Waals surface area contributed by atoms with Gasteiger partial charge in [0.05, 0.1) is 12.1 Å². The molecule has 0 aliphatic carbocycles. The van der Waals surface area contributed by atoms with Crippen LogP contribution in [0.2, 0.25) is 0 Å². The average Bonchev–Trinajstić information content (AvgIpc) is 2.70. The van der Waals surface area contributed by atoms with Gasteiger partial charge in [0.1, 0.15) is 5.82 Å². The Morgan fingerprint density at radius 1 is 1.17 bits per heavy atom. The second kappa shape index (κ2) is 4.14. The normalized spacial score (nSPS) is 10.9. The Labute approximate surface area is 104 Å². The number of benzene rings is 2. The molecule has 1 aromatic heterocycles. The first-order valence-electron chi connectivity index (χ1n) is 5.68. The van der Waals surface area contributed by atoms with Crippen LogP contribution in [0.3, 0.4) is 0 Å². The lowest BCUT2D eigenvalue weighted by Gasteiger charge is -2.01. The van der Waals surface area contributed by atoms with E-state index in [4.69, 9.17) is 5.73 Å². The molecule has 0 saturated heterocycles. The van der Waals surface area contributed by atoms with E-state index in [1.807, 2.05) is 30.5 Å². The van der Waals surface area contributed by atoms with E-state index in [1.54, 1.807) is 10.7 Å². The Morgan fingerprint density at radius 3 is 2.89 bits per heavy atom. The highest BCUT2D eigenvalue weighted by Crippen LogP contribution is 2.16. The Hall–Kier alpha value is -2.36. The Bertz CT molecular complexity index is 703. The number of nitrogens with zero attached hydrogens (tertiary/aromatic N) is 2. The number of aromatic nitrogens is 2. The molecule has 0 spiro atoms. The summed E-state index contributed by atoms with van der Waals surface area (Å²) in [6.45, 7) is 0.548. The third-order valence-corrected chi connectivity index (χ3v) is 2.81. The quantitative estimate of drug-likeness (QED) is 0.701. The maximum atomic E-state index is 13.1. The van der Waals surface area contributed by atoms with E-state index < -0.39 is 0 Å². The maximum Gasteiger partial charge on any atom is 0.123 e. The van der Waals surface area contributed by atoms with Crippen LogP contribution in [0.1, 0.15) is 5.56 Å². The van der Waals surface area contributed by atoms with Crippen molar-refractivity contribution in [3.63, 3.8) is 0 Å². The molecule has 3 aromatic rings. The zero-order valence-corrected chi connectivity index (χ0v) is 9.68. The number of hydrogen-bond donors (Lipinski definition) is 1. The second-order valence-electron chi connectivity index (χ2n) is 4.27. The molecule has 2 aromatic carbocycles. The van der Waals surface area contributed by atoms with Crippen LogP contribution < -0.4 is 5.73 Å². The van der Waals surface area contributed by atoms with Gasteiger partial charge in [0, 0.05) is 17.3 Å². The minimum absolute atomic E-state index is 0.228. The predicted molar refractivity (Wildman–Crippen MR) is 69.6 cm³/mol. The van der Waals surface area contributed by atoms with Gasteiger partial charge in [0.25, 0.3) is 0 Å². The summed E-state index contributed by atoms with van der Waals surface area (Å²) < 4.78 is 14.9. The number of rotatable bonds is 2. The monoisotopic (exact) mass is 241 g/mol. The summed E-state index contributed by atoms with van der Waals surface area (Å²) >= 11 is 0. The van der Waals surface area contributed by atoms with E-state index >= 15 is 0 Å². The summed E-state index contributed by atoms with van der Waals surface area (Å²) in [7, 11) is 0. The molecule has 0 amide bonds. The van der Waals surface area contributed by atoms with Crippen molar-refractivity contribution in [1.29, 1.82) is 0 Å². The molecule has 3 nitrogen and oxygen atoms in total. The fourth-order valence-electron chi connectivity index (χ4n) is 1.99. The van der Waals surface area contributed by atoms with Crippen LogP contribution in [0.25, 0.3) is 10.9 Å². The lowest BCUT2D eigenvalue weighted by atomic mass is 10.2. The number of halogens is 1. The fourth-order valence-corrected chi connectivity index (χ4v) is 1.99. The molecule has 0 aliphatic rings. The highest BCUT2D eigenvalue weighted by molar-refractivity contribution is 5.81. The van der Waals surface area contributed by atoms with E-state index in [9.17, 15) is 4.39 Å². The predicted octanol–water partition coefficient (Wildman–Crippen LogP) is 2.81. The van der Waals surface area contributed by atoms with Crippen LogP contribution in [0, 0.1) is 5.82 Å². The molecule has 18 heavy (non-hydrogen) atoms. The van der Waals surface area contributed by atoms with Crippen molar-refractivity contribution in [1.82, 2.24) is 9.78 Å². The third-order valence-electron chi connectivity index (χ3n) is 2.81. The Balaban J connectivity index is 1.95.